The largest absolute Gasteiger partial charge is 0.329 e. The van der Waals surface area contributed by atoms with Gasteiger partial charge in [-0.25, -0.2) is 4.39 Å². The van der Waals surface area contributed by atoms with Crippen molar-refractivity contribution in [2.24, 2.45) is 11.1 Å². The van der Waals surface area contributed by atoms with E-state index < -0.39 is 0 Å². The van der Waals surface area contributed by atoms with Crippen molar-refractivity contribution in [3.05, 3.63) is 34.1 Å². The SMILES string of the molecule is NCC1(C(=O)Cc2cc(F)cc(Br)c2)CCCCC1. The Labute approximate surface area is 121 Å². The maximum atomic E-state index is 13.3. The summed E-state index contributed by atoms with van der Waals surface area (Å²) in [6.07, 6.45) is 5.33. The highest BCUT2D eigenvalue weighted by Gasteiger charge is 2.37. The third-order valence-corrected chi connectivity index (χ3v) is 4.54. The van der Waals surface area contributed by atoms with Crippen molar-refractivity contribution in [3.8, 4) is 0 Å². The van der Waals surface area contributed by atoms with Crippen molar-refractivity contribution >= 4 is 21.7 Å². The summed E-state index contributed by atoms with van der Waals surface area (Å²) in [6, 6.07) is 4.62. The summed E-state index contributed by atoms with van der Waals surface area (Å²) < 4.78 is 14.0. The first kappa shape index (κ1) is 14.7. The second-order valence-electron chi connectivity index (χ2n) is 5.42. The predicted octanol–water partition coefficient (Wildman–Crippen LogP) is 3.61. The fourth-order valence-electron chi connectivity index (χ4n) is 2.91. The molecule has 0 bridgehead atoms. The molecule has 2 rings (SSSR count). The molecule has 1 saturated carbocycles. The topological polar surface area (TPSA) is 43.1 Å². The molecule has 1 fully saturated rings. The van der Waals surface area contributed by atoms with Crippen molar-refractivity contribution in [3.63, 3.8) is 0 Å². The number of Topliss-reactive ketones (excluding diaryl/α,β-unsaturated/α-hetero) is 1. The van der Waals surface area contributed by atoms with Gasteiger partial charge < -0.3 is 5.73 Å². The van der Waals surface area contributed by atoms with Gasteiger partial charge in [0.25, 0.3) is 0 Å². The van der Waals surface area contributed by atoms with Gasteiger partial charge in [0.15, 0.2) is 0 Å². The number of ketones is 1. The molecule has 0 spiro atoms. The van der Waals surface area contributed by atoms with Crippen molar-refractivity contribution in [1.29, 1.82) is 0 Å². The lowest BCUT2D eigenvalue weighted by Crippen LogP contribution is -2.41. The minimum atomic E-state index is -0.378. The maximum absolute atomic E-state index is 13.3. The van der Waals surface area contributed by atoms with Crippen LogP contribution in [0.5, 0.6) is 0 Å². The van der Waals surface area contributed by atoms with E-state index in [2.05, 4.69) is 15.9 Å². The number of benzene rings is 1. The smallest absolute Gasteiger partial charge is 0.144 e. The Hall–Kier alpha value is -0.740. The fraction of sp³-hybridized carbons (Fsp3) is 0.533. The second kappa shape index (κ2) is 6.14. The Bertz CT molecular complexity index is 449. The monoisotopic (exact) mass is 327 g/mol. The van der Waals surface area contributed by atoms with Crippen molar-refractivity contribution in [1.82, 2.24) is 0 Å². The van der Waals surface area contributed by atoms with Crippen LogP contribution in [0.25, 0.3) is 0 Å². The number of hydrogen-bond acceptors (Lipinski definition) is 2. The predicted molar refractivity (Wildman–Crippen MR) is 77.4 cm³/mol. The molecule has 0 aromatic heterocycles. The molecule has 1 aliphatic rings. The lowest BCUT2D eigenvalue weighted by Gasteiger charge is -2.34. The minimum Gasteiger partial charge on any atom is -0.329 e. The van der Waals surface area contributed by atoms with E-state index in [4.69, 9.17) is 5.73 Å². The molecule has 1 aromatic carbocycles. The standard InChI is InChI=1S/C15H19BrFNO/c16-12-6-11(7-13(17)9-12)8-14(19)15(10-18)4-2-1-3-5-15/h6-7,9H,1-5,8,10,18H2. The van der Waals surface area contributed by atoms with E-state index in [1.807, 2.05) is 0 Å². The zero-order valence-corrected chi connectivity index (χ0v) is 12.5. The molecule has 0 saturated heterocycles. The van der Waals surface area contributed by atoms with Crippen LogP contribution in [0.3, 0.4) is 0 Å². The van der Waals surface area contributed by atoms with Gasteiger partial charge in [-0.15, -0.1) is 0 Å². The average molecular weight is 328 g/mol. The summed E-state index contributed by atoms with van der Waals surface area (Å²) in [5.74, 6) is -0.158. The Morgan fingerprint density at radius 3 is 2.53 bits per heavy atom. The molecule has 1 aromatic rings. The Kier molecular flexibility index (Phi) is 4.74. The van der Waals surface area contributed by atoms with Crippen LogP contribution in [0, 0.1) is 11.2 Å². The first-order valence-corrected chi connectivity index (χ1v) is 7.53. The Morgan fingerprint density at radius 1 is 1.26 bits per heavy atom. The van der Waals surface area contributed by atoms with Crippen molar-refractivity contribution in [2.45, 2.75) is 38.5 Å². The highest BCUT2D eigenvalue weighted by molar-refractivity contribution is 9.10. The van der Waals surface area contributed by atoms with Crippen molar-refractivity contribution in [2.75, 3.05) is 6.54 Å². The van der Waals surface area contributed by atoms with Crippen LogP contribution in [-0.4, -0.2) is 12.3 Å². The van der Waals surface area contributed by atoms with Gasteiger partial charge in [-0.2, -0.15) is 0 Å². The van der Waals surface area contributed by atoms with Gasteiger partial charge in [-0.1, -0.05) is 35.2 Å². The molecular weight excluding hydrogens is 309 g/mol. The van der Waals surface area contributed by atoms with Gasteiger partial charge in [0.05, 0.1) is 0 Å². The first-order valence-electron chi connectivity index (χ1n) is 6.74. The zero-order chi connectivity index (χ0) is 13.9. The molecule has 0 unspecified atom stereocenters. The Balaban J connectivity index is 2.14. The molecule has 0 atom stereocenters. The van der Waals surface area contributed by atoms with Gasteiger partial charge in [-0.3, -0.25) is 4.79 Å². The van der Waals surface area contributed by atoms with Gasteiger partial charge in [0.1, 0.15) is 11.6 Å². The molecule has 0 heterocycles. The van der Waals surface area contributed by atoms with Gasteiger partial charge in [0, 0.05) is 22.9 Å². The number of halogens is 2. The lowest BCUT2D eigenvalue weighted by molar-refractivity contribution is -0.129. The van der Waals surface area contributed by atoms with Crippen LogP contribution in [0.1, 0.15) is 37.7 Å². The molecule has 1 aliphatic carbocycles. The summed E-state index contributed by atoms with van der Waals surface area (Å²) >= 11 is 3.25. The summed E-state index contributed by atoms with van der Waals surface area (Å²) in [5, 5.41) is 0. The highest BCUT2D eigenvalue weighted by atomic mass is 79.9. The molecule has 19 heavy (non-hydrogen) atoms. The average Bonchev–Trinajstić information content (AvgIpc) is 2.38. The van der Waals surface area contributed by atoms with Crippen molar-refractivity contribution < 1.29 is 9.18 Å². The third kappa shape index (κ3) is 3.42. The van der Waals surface area contributed by atoms with E-state index in [1.54, 1.807) is 6.07 Å². The quantitative estimate of drug-likeness (QED) is 0.917. The highest BCUT2D eigenvalue weighted by Crippen LogP contribution is 2.37. The van der Waals surface area contributed by atoms with Crippen LogP contribution in [0.15, 0.2) is 22.7 Å². The van der Waals surface area contributed by atoms with E-state index in [-0.39, 0.29) is 23.4 Å². The second-order valence-corrected chi connectivity index (χ2v) is 6.34. The van der Waals surface area contributed by atoms with Crippen LogP contribution in [-0.2, 0) is 11.2 Å². The molecule has 0 aliphatic heterocycles. The van der Waals surface area contributed by atoms with Gasteiger partial charge >= 0.3 is 0 Å². The summed E-state index contributed by atoms with van der Waals surface area (Å²) in [7, 11) is 0. The van der Waals surface area contributed by atoms with E-state index in [0.717, 1.165) is 31.2 Å². The van der Waals surface area contributed by atoms with E-state index in [9.17, 15) is 9.18 Å². The van der Waals surface area contributed by atoms with Gasteiger partial charge in [0.2, 0.25) is 0 Å². The van der Waals surface area contributed by atoms with Crippen LogP contribution >= 0.6 is 15.9 Å². The number of carbonyl (C=O) groups is 1. The normalized spacial score (nSPS) is 18.3. The zero-order valence-electron chi connectivity index (χ0n) is 10.9. The van der Waals surface area contributed by atoms with Crippen LogP contribution in [0.2, 0.25) is 0 Å². The number of rotatable bonds is 4. The minimum absolute atomic E-state index is 0.159. The molecule has 2 N–H and O–H groups in total. The summed E-state index contributed by atoms with van der Waals surface area (Å²) in [5.41, 5.74) is 6.19. The van der Waals surface area contributed by atoms with E-state index in [0.29, 0.717) is 11.0 Å². The molecule has 0 radical (unpaired) electrons. The number of nitrogens with two attached hydrogens (primary N) is 1. The van der Waals surface area contributed by atoms with Crippen LogP contribution in [0.4, 0.5) is 4.39 Å². The number of hydrogen-bond donors (Lipinski definition) is 1. The summed E-state index contributed by atoms with van der Waals surface area (Å²) in [6.45, 7) is 0.405. The van der Waals surface area contributed by atoms with E-state index >= 15 is 0 Å². The fourth-order valence-corrected chi connectivity index (χ4v) is 3.42. The maximum Gasteiger partial charge on any atom is 0.144 e. The van der Waals surface area contributed by atoms with Crippen LogP contribution < -0.4 is 5.73 Å². The Morgan fingerprint density at radius 2 is 1.95 bits per heavy atom. The molecule has 0 amide bonds. The summed E-state index contributed by atoms with van der Waals surface area (Å²) in [4.78, 5) is 12.5. The number of carbonyl (C=O) groups excluding carboxylic acids is 1. The lowest BCUT2D eigenvalue weighted by atomic mass is 9.70. The third-order valence-electron chi connectivity index (χ3n) is 4.08. The van der Waals surface area contributed by atoms with Gasteiger partial charge in [-0.05, 0) is 36.6 Å². The molecule has 104 valence electrons. The van der Waals surface area contributed by atoms with E-state index in [1.165, 1.54) is 18.6 Å². The molecule has 2 nitrogen and oxygen atoms in total. The molecular formula is C15H19BrFNO. The first-order chi connectivity index (χ1) is 9.05. The molecule has 4 heteroatoms.